The molecule has 5 nitrogen and oxygen atoms in total. The van der Waals surface area contributed by atoms with Crippen LogP contribution in [0.2, 0.25) is 0 Å². The number of nitrogens with zero attached hydrogens (tertiary/aromatic N) is 2. The maximum absolute atomic E-state index is 13.4. The Morgan fingerprint density at radius 3 is 2.95 bits per heavy atom. The van der Waals surface area contributed by atoms with Crippen LogP contribution in [0.5, 0.6) is 5.75 Å². The van der Waals surface area contributed by atoms with E-state index in [2.05, 4.69) is 0 Å². The molecule has 1 atom stereocenters. The van der Waals surface area contributed by atoms with Gasteiger partial charge in [0, 0.05) is 19.0 Å². The van der Waals surface area contributed by atoms with E-state index in [1.807, 2.05) is 0 Å². The summed E-state index contributed by atoms with van der Waals surface area (Å²) in [6.07, 6.45) is 2.81. The van der Waals surface area contributed by atoms with Gasteiger partial charge in [-0.3, -0.25) is 0 Å². The summed E-state index contributed by atoms with van der Waals surface area (Å²) < 4.78 is 43.5. The monoisotopic (exact) mass is 312 g/mol. The van der Waals surface area contributed by atoms with Gasteiger partial charge in [0.2, 0.25) is 10.0 Å². The van der Waals surface area contributed by atoms with E-state index in [4.69, 9.17) is 10.00 Å². The molecule has 0 N–H and O–H groups in total. The minimum Gasteiger partial charge on any atom is -0.492 e. The predicted molar refractivity (Wildman–Crippen MR) is 75.8 cm³/mol. The number of ether oxygens (including phenoxy) is 1. The van der Waals surface area contributed by atoms with Gasteiger partial charge in [0.15, 0.2) is 0 Å². The third kappa shape index (κ3) is 3.93. The SMILES string of the molecule is CS(=O)(=O)N1CCCC(COc2cccc(F)c2C#N)C1. The molecule has 0 amide bonds. The van der Waals surface area contributed by atoms with Crippen molar-refractivity contribution in [3.63, 3.8) is 0 Å². The molecule has 2 rings (SSSR count). The number of hydrogen-bond donors (Lipinski definition) is 0. The van der Waals surface area contributed by atoms with Crippen molar-refractivity contribution >= 4 is 10.0 Å². The quantitative estimate of drug-likeness (QED) is 0.849. The Bertz CT molecular complexity index is 655. The molecule has 0 bridgehead atoms. The molecule has 0 aliphatic carbocycles. The lowest BCUT2D eigenvalue weighted by Gasteiger charge is -2.30. The molecule has 7 heteroatoms. The van der Waals surface area contributed by atoms with Crippen LogP contribution in [-0.4, -0.2) is 38.7 Å². The molecule has 1 aliphatic rings. The van der Waals surface area contributed by atoms with Crippen molar-refractivity contribution in [2.45, 2.75) is 12.8 Å². The summed E-state index contributed by atoms with van der Waals surface area (Å²) >= 11 is 0. The van der Waals surface area contributed by atoms with E-state index in [1.165, 1.54) is 22.7 Å². The van der Waals surface area contributed by atoms with Crippen molar-refractivity contribution < 1.29 is 17.5 Å². The number of nitriles is 1. The van der Waals surface area contributed by atoms with Gasteiger partial charge < -0.3 is 4.74 Å². The second kappa shape index (κ2) is 6.41. The Morgan fingerprint density at radius 2 is 2.29 bits per heavy atom. The van der Waals surface area contributed by atoms with E-state index in [9.17, 15) is 12.8 Å². The standard InChI is InChI=1S/C14H17FN2O3S/c1-21(18,19)17-7-3-4-11(9-17)10-20-14-6-2-5-13(15)12(14)8-16/h2,5-6,11H,3-4,7,9-10H2,1H3. The molecular weight excluding hydrogens is 295 g/mol. The highest BCUT2D eigenvalue weighted by Gasteiger charge is 2.26. The highest BCUT2D eigenvalue weighted by atomic mass is 32.2. The number of hydrogen-bond acceptors (Lipinski definition) is 4. The molecule has 1 saturated heterocycles. The number of sulfonamides is 1. The van der Waals surface area contributed by atoms with Crippen LogP contribution in [0.15, 0.2) is 18.2 Å². The van der Waals surface area contributed by atoms with E-state index in [1.54, 1.807) is 12.1 Å². The van der Waals surface area contributed by atoms with Crippen molar-refractivity contribution in [2.75, 3.05) is 26.0 Å². The Hall–Kier alpha value is -1.65. The van der Waals surface area contributed by atoms with Gasteiger partial charge in [-0.2, -0.15) is 5.26 Å². The molecule has 1 heterocycles. The maximum Gasteiger partial charge on any atom is 0.211 e. The smallest absolute Gasteiger partial charge is 0.211 e. The lowest BCUT2D eigenvalue weighted by atomic mass is 10.0. The average Bonchev–Trinajstić information content (AvgIpc) is 2.44. The Labute approximate surface area is 124 Å². The van der Waals surface area contributed by atoms with Crippen molar-refractivity contribution in [2.24, 2.45) is 5.92 Å². The van der Waals surface area contributed by atoms with Crippen LogP contribution in [0.25, 0.3) is 0 Å². The molecule has 21 heavy (non-hydrogen) atoms. The molecule has 1 aromatic carbocycles. The van der Waals surface area contributed by atoms with Gasteiger partial charge in [-0.25, -0.2) is 17.1 Å². The summed E-state index contributed by atoms with van der Waals surface area (Å²) in [4.78, 5) is 0. The fourth-order valence-electron chi connectivity index (χ4n) is 2.40. The first kappa shape index (κ1) is 15.7. The number of rotatable bonds is 4. The predicted octanol–water partition coefficient (Wildman–Crippen LogP) is 1.75. The summed E-state index contributed by atoms with van der Waals surface area (Å²) in [6, 6.07) is 6.01. The van der Waals surface area contributed by atoms with Crippen LogP contribution in [0.4, 0.5) is 4.39 Å². The van der Waals surface area contributed by atoms with Gasteiger partial charge in [-0.1, -0.05) is 6.07 Å². The van der Waals surface area contributed by atoms with Crippen LogP contribution in [0.1, 0.15) is 18.4 Å². The molecule has 0 spiro atoms. The van der Waals surface area contributed by atoms with Crippen molar-refractivity contribution in [1.82, 2.24) is 4.31 Å². The van der Waals surface area contributed by atoms with E-state index in [0.717, 1.165) is 12.8 Å². The molecule has 1 aromatic rings. The average molecular weight is 312 g/mol. The number of benzene rings is 1. The van der Waals surface area contributed by atoms with Crippen LogP contribution in [0, 0.1) is 23.1 Å². The zero-order chi connectivity index (χ0) is 15.5. The third-order valence-corrected chi connectivity index (χ3v) is 4.78. The van der Waals surface area contributed by atoms with Crippen molar-refractivity contribution in [1.29, 1.82) is 5.26 Å². The van der Waals surface area contributed by atoms with Crippen LogP contribution in [-0.2, 0) is 10.0 Å². The second-order valence-corrected chi connectivity index (χ2v) is 7.15. The summed E-state index contributed by atoms with van der Waals surface area (Å²) in [5.74, 6) is -0.367. The minimum atomic E-state index is -3.20. The lowest BCUT2D eigenvalue weighted by Crippen LogP contribution is -2.40. The van der Waals surface area contributed by atoms with Crippen molar-refractivity contribution in [3.8, 4) is 11.8 Å². The van der Waals surface area contributed by atoms with E-state index < -0.39 is 15.8 Å². The summed E-state index contributed by atoms with van der Waals surface area (Å²) in [5, 5.41) is 8.93. The van der Waals surface area contributed by atoms with Gasteiger partial charge in [-0.15, -0.1) is 0 Å². The zero-order valence-corrected chi connectivity index (χ0v) is 12.6. The Morgan fingerprint density at radius 1 is 1.52 bits per heavy atom. The first-order valence-electron chi connectivity index (χ1n) is 6.68. The molecule has 0 saturated carbocycles. The maximum atomic E-state index is 13.4. The van der Waals surface area contributed by atoms with Crippen LogP contribution >= 0.6 is 0 Å². The topological polar surface area (TPSA) is 70.4 Å². The molecular formula is C14H17FN2O3S. The van der Waals surface area contributed by atoms with Gasteiger partial charge in [0.05, 0.1) is 12.9 Å². The largest absolute Gasteiger partial charge is 0.492 e. The summed E-state index contributed by atoms with van der Waals surface area (Å²) in [5.41, 5.74) is -0.117. The van der Waals surface area contributed by atoms with Gasteiger partial charge in [0.25, 0.3) is 0 Å². The summed E-state index contributed by atoms with van der Waals surface area (Å²) in [7, 11) is -3.20. The number of halogens is 1. The van der Waals surface area contributed by atoms with Crippen LogP contribution in [0.3, 0.4) is 0 Å². The van der Waals surface area contributed by atoms with Gasteiger partial charge in [0.1, 0.15) is 23.2 Å². The third-order valence-electron chi connectivity index (χ3n) is 3.51. The van der Waals surface area contributed by atoms with E-state index >= 15 is 0 Å². The van der Waals surface area contributed by atoms with E-state index in [0.29, 0.717) is 13.1 Å². The minimum absolute atomic E-state index is 0.0447. The summed E-state index contributed by atoms with van der Waals surface area (Å²) in [6.45, 7) is 1.19. The Balaban J connectivity index is 2.01. The first-order chi connectivity index (χ1) is 9.91. The highest BCUT2D eigenvalue weighted by Crippen LogP contribution is 2.23. The normalized spacial score (nSPS) is 20.0. The highest BCUT2D eigenvalue weighted by molar-refractivity contribution is 7.88. The molecule has 114 valence electrons. The molecule has 1 fully saturated rings. The molecule has 1 aliphatic heterocycles. The molecule has 1 unspecified atom stereocenters. The second-order valence-electron chi connectivity index (χ2n) is 5.17. The van der Waals surface area contributed by atoms with Crippen LogP contribution < -0.4 is 4.74 Å². The lowest BCUT2D eigenvalue weighted by molar-refractivity contribution is 0.180. The zero-order valence-electron chi connectivity index (χ0n) is 11.8. The fourth-order valence-corrected chi connectivity index (χ4v) is 3.35. The first-order valence-corrected chi connectivity index (χ1v) is 8.53. The van der Waals surface area contributed by atoms with Gasteiger partial charge in [-0.05, 0) is 25.0 Å². The fraction of sp³-hybridized carbons (Fsp3) is 0.500. The molecule has 0 aromatic heterocycles. The Kier molecular flexibility index (Phi) is 4.80. The number of piperidine rings is 1. The molecule has 0 radical (unpaired) electrons. The van der Waals surface area contributed by atoms with E-state index in [-0.39, 0.29) is 23.8 Å². The van der Waals surface area contributed by atoms with Gasteiger partial charge >= 0.3 is 0 Å². The van der Waals surface area contributed by atoms with Crippen molar-refractivity contribution in [3.05, 3.63) is 29.6 Å².